The number of pyridine rings is 1. The summed E-state index contributed by atoms with van der Waals surface area (Å²) in [6, 6.07) is 20.8. The van der Waals surface area contributed by atoms with E-state index in [1.54, 1.807) is 0 Å². The molecule has 3 nitrogen and oxygen atoms in total. The molecule has 0 spiro atoms. The Morgan fingerprint density at radius 1 is 1.00 bits per heavy atom. The summed E-state index contributed by atoms with van der Waals surface area (Å²) in [4.78, 5) is 6.92. The average molecular weight is 277 g/mol. The van der Waals surface area contributed by atoms with Gasteiger partial charge in [-0.15, -0.1) is 0 Å². The number of para-hydroxylation sites is 2. The molecule has 21 heavy (non-hydrogen) atoms. The maximum Gasteiger partial charge on any atom is 0.0726 e. The van der Waals surface area contributed by atoms with Crippen LogP contribution in [0.15, 0.2) is 60.7 Å². The van der Waals surface area contributed by atoms with Gasteiger partial charge in [0.1, 0.15) is 0 Å². The summed E-state index contributed by atoms with van der Waals surface area (Å²) in [7, 11) is 4.04. The SMILES string of the molecule is CNCc1cc(N(C)c2ccccc2)c2ccccc2n1. The Bertz CT molecular complexity index is 738. The number of aromatic nitrogens is 1. The third-order valence-electron chi connectivity index (χ3n) is 3.61. The maximum absolute atomic E-state index is 4.71. The molecule has 3 aromatic rings. The lowest BCUT2D eigenvalue weighted by Crippen LogP contribution is -2.13. The van der Waals surface area contributed by atoms with E-state index in [1.165, 1.54) is 16.8 Å². The number of hydrogen-bond donors (Lipinski definition) is 1. The van der Waals surface area contributed by atoms with Crippen molar-refractivity contribution in [2.45, 2.75) is 6.54 Å². The Morgan fingerprint density at radius 3 is 2.48 bits per heavy atom. The van der Waals surface area contributed by atoms with E-state index in [-0.39, 0.29) is 0 Å². The highest BCUT2D eigenvalue weighted by atomic mass is 15.1. The van der Waals surface area contributed by atoms with Gasteiger partial charge in [-0.3, -0.25) is 4.98 Å². The van der Waals surface area contributed by atoms with Crippen molar-refractivity contribution in [3.05, 3.63) is 66.4 Å². The first-order chi connectivity index (χ1) is 10.3. The fourth-order valence-corrected chi connectivity index (χ4v) is 2.55. The van der Waals surface area contributed by atoms with Crippen molar-refractivity contribution < 1.29 is 0 Å². The molecule has 0 aliphatic carbocycles. The molecule has 0 aliphatic rings. The molecule has 3 heteroatoms. The maximum atomic E-state index is 4.71. The van der Waals surface area contributed by atoms with E-state index in [0.29, 0.717) is 0 Å². The van der Waals surface area contributed by atoms with E-state index in [4.69, 9.17) is 4.98 Å². The highest BCUT2D eigenvalue weighted by molar-refractivity contribution is 5.93. The number of nitrogens with zero attached hydrogens (tertiary/aromatic N) is 2. The summed E-state index contributed by atoms with van der Waals surface area (Å²) in [6.07, 6.45) is 0. The standard InChI is InChI=1S/C18H19N3/c1-19-13-14-12-18(16-10-6-7-11-17(16)20-14)21(2)15-8-4-3-5-9-15/h3-12,19H,13H2,1-2H3. The minimum absolute atomic E-state index is 0.764. The summed E-state index contributed by atoms with van der Waals surface area (Å²) in [5.74, 6) is 0. The number of anilines is 2. The number of hydrogen-bond acceptors (Lipinski definition) is 3. The summed E-state index contributed by atoms with van der Waals surface area (Å²) in [6.45, 7) is 0.764. The van der Waals surface area contributed by atoms with Gasteiger partial charge in [-0.2, -0.15) is 0 Å². The van der Waals surface area contributed by atoms with Gasteiger partial charge in [0, 0.05) is 24.7 Å². The van der Waals surface area contributed by atoms with Crippen LogP contribution >= 0.6 is 0 Å². The van der Waals surface area contributed by atoms with Crippen LogP contribution in [0.25, 0.3) is 10.9 Å². The van der Waals surface area contributed by atoms with Gasteiger partial charge < -0.3 is 10.2 Å². The predicted octanol–water partition coefficient (Wildman–Crippen LogP) is 3.72. The lowest BCUT2D eigenvalue weighted by Gasteiger charge is -2.22. The molecule has 0 saturated carbocycles. The molecule has 0 fully saturated rings. The van der Waals surface area contributed by atoms with Crippen LogP contribution in [0.4, 0.5) is 11.4 Å². The predicted molar refractivity (Wildman–Crippen MR) is 89.0 cm³/mol. The molecule has 0 amide bonds. The number of benzene rings is 2. The van der Waals surface area contributed by atoms with Gasteiger partial charge in [-0.1, -0.05) is 36.4 Å². The summed E-state index contributed by atoms with van der Waals surface area (Å²) < 4.78 is 0. The molecule has 3 rings (SSSR count). The highest BCUT2D eigenvalue weighted by Gasteiger charge is 2.10. The highest BCUT2D eigenvalue weighted by Crippen LogP contribution is 2.30. The first kappa shape index (κ1) is 13.6. The zero-order chi connectivity index (χ0) is 14.7. The second-order valence-electron chi connectivity index (χ2n) is 5.07. The summed E-state index contributed by atoms with van der Waals surface area (Å²) >= 11 is 0. The molecule has 0 atom stereocenters. The van der Waals surface area contributed by atoms with Crippen molar-refractivity contribution in [2.24, 2.45) is 0 Å². The first-order valence-electron chi connectivity index (χ1n) is 7.11. The molecule has 0 bridgehead atoms. The second-order valence-corrected chi connectivity index (χ2v) is 5.07. The van der Waals surface area contributed by atoms with Crippen LogP contribution in [0.2, 0.25) is 0 Å². The van der Waals surface area contributed by atoms with Crippen LogP contribution in [0.5, 0.6) is 0 Å². The molecule has 1 N–H and O–H groups in total. The van der Waals surface area contributed by atoms with E-state index < -0.39 is 0 Å². The van der Waals surface area contributed by atoms with E-state index in [9.17, 15) is 0 Å². The molecule has 0 radical (unpaired) electrons. The first-order valence-corrected chi connectivity index (χ1v) is 7.11. The minimum Gasteiger partial charge on any atom is -0.344 e. The Balaban J connectivity index is 2.15. The van der Waals surface area contributed by atoms with Gasteiger partial charge in [0.05, 0.1) is 16.9 Å². The minimum atomic E-state index is 0.764. The smallest absolute Gasteiger partial charge is 0.0726 e. The van der Waals surface area contributed by atoms with Crippen LogP contribution < -0.4 is 10.2 Å². The number of rotatable bonds is 4. The molecule has 1 heterocycles. The van der Waals surface area contributed by atoms with Crippen LogP contribution in [0, 0.1) is 0 Å². The molecule has 0 aliphatic heterocycles. The monoisotopic (exact) mass is 277 g/mol. The normalized spacial score (nSPS) is 10.8. The van der Waals surface area contributed by atoms with Crippen LogP contribution in [-0.2, 0) is 6.54 Å². The van der Waals surface area contributed by atoms with Gasteiger partial charge in [0.15, 0.2) is 0 Å². The third-order valence-corrected chi connectivity index (χ3v) is 3.61. The quantitative estimate of drug-likeness (QED) is 0.787. The number of fused-ring (bicyclic) bond motifs is 1. The van der Waals surface area contributed by atoms with Crippen molar-refractivity contribution in [1.82, 2.24) is 10.3 Å². The molecular formula is C18H19N3. The van der Waals surface area contributed by atoms with Gasteiger partial charge >= 0.3 is 0 Å². The lowest BCUT2D eigenvalue weighted by molar-refractivity contribution is 0.795. The van der Waals surface area contributed by atoms with Gasteiger partial charge in [0.2, 0.25) is 0 Å². The Kier molecular flexibility index (Phi) is 3.84. The van der Waals surface area contributed by atoms with Crippen LogP contribution in [-0.4, -0.2) is 19.1 Å². The molecule has 106 valence electrons. The van der Waals surface area contributed by atoms with Gasteiger partial charge in [0.25, 0.3) is 0 Å². The van der Waals surface area contributed by atoms with Crippen LogP contribution in [0.3, 0.4) is 0 Å². The fourth-order valence-electron chi connectivity index (χ4n) is 2.55. The number of nitrogens with one attached hydrogen (secondary N) is 1. The Morgan fingerprint density at radius 2 is 1.71 bits per heavy atom. The van der Waals surface area contributed by atoms with Crippen molar-refractivity contribution >= 4 is 22.3 Å². The summed E-state index contributed by atoms with van der Waals surface area (Å²) in [5, 5.41) is 4.34. The zero-order valence-corrected chi connectivity index (χ0v) is 12.4. The average Bonchev–Trinajstić information content (AvgIpc) is 2.54. The molecule has 0 saturated heterocycles. The zero-order valence-electron chi connectivity index (χ0n) is 12.4. The van der Waals surface area contributed by atoms with E-state index in [0.717, 1.165) is 17.8 Å². The molecule has 0 unspecified atom stereocenters. The molecule has 1 aromatic heterocycles. The topological polar surface area (TPSA) is 28.2 Å². The van der Waals surface area contributed by atoms with Crippen molar-refractivity contribution in [1.29, 1.82) is 0 Å². The van der Waals surface area contributed by atoms with Gasteiger partial charge in [-0.05, 0) is 31.3 Å². The third kappa shape index (κ3) is 2.73. The van der Waals surface area contributed by atoms with Crippen molar-refractivity contribution in [2.75, 3.05) is 19.0 Å². The molecular weight excluding hydrogens is 258 g/mol. The largest absolute Gasteiger partial charge is 0.344 e. The Hall–Kier alpha value is -2.39. The Labute approximate surface area is 125 Å². The van der Waals surface area contributed by atoms with Crippen LogP contribution in [0.1, 0.15) is 5.69 Å². The second kappa shape index (κ2) is 5.94. The van der Waals surface area contributed by atoms with Crippen molar-refractivity contribution in [3.8, 4) is 0 Å². The van der Waals surface area contributed by atoms with E-state index in [1.807, 2.05) is 19.2 Å². The van der Waals surface area contributed by atoms with Crippen molar-refractivity contribution in [3.63, 3.8) is 0 Å². The molecule has 2 aromatic carbocycles. The van der Waals surface area contributed by atoms with E-state index >= 15 is 0 Å². The van der Waals surface area contributed by atoms with Gasteiger partial charge in [-0.25, -0.2) is 0 Å². The van der Waals surface area contributed by atoms with E-state index in [2.05, 4.69) is 65.8 Å². The lowest BCUT2D eigenvalue weighted by atomic mass is 10.1. The fraction of sp³-hybridized carbons (Fsp3) is 0.167. The summed E-state index contributed by atoms with van der Waals surface area (Å²) in [5.41, 5.74) is 4.43.